The predicted molar refractivity (Wildman–Crippen MR) is 69.8 cm³/mol. The van der Waals surface area contributed by atoms with Gasteiger partial charge in [0, 0.05) is 25.0 Å². The molecule has 1 N–H and O–H groups in total. The molecule has 3 atom stereocenters. The first-order chi connectivity index (χ1) is 9.26. The number of morpholine rings is 1. The molecule has 0 aromatic carbocycles. The lowest BCUT2D eigenvalue weighted by Gasteiger charge is -2.33. The number of fused-ring (bicyclic) bond motifs is 1. The fraction of sp³-hybridized carbons (Fsp3) is 0.846. The summed E-state index contributed by atoms with van der Waals surface area (Å²) in [5, 5.41) is 7.24. The van der Waals surface area contributed by atoms with Crippen molar-refractivity contribution in [2.75, 3.05) is 26.7 Å². The zero-order valence-corrected chi connectivity index (χ0v) is 11.6. The molecule has 1 aromatic heterocycles. The average molecular weight is 266 g/mol. The van der Waals surface area contributed by atoms with E-state index >= 15 is 0 Å². The monoisotopic (exact) mass is 266 g/mol. The normalized spacial score (nSPS) is 29.4. The third kappa shape index (κ3) is 2.80. The number of hydrogen-bond donors (Lipinski definition) is 1. The number of ether oxygens (including phenoxy) is 1. The van der Waals surface area contributed by atoms with E-state index in [2.05, 4.69) is 27.3 Å². The van der Waals surface area contributed by atoms with Crippen molar-refractivity contribution in [3.63, 3.8) is 0 Å². The molecule has 3 rings (SSSR count). The second-order valence-electron chi connectivity index (χ2n) is 5.55. The zero-order valence-electron chi connectivity index (χ0n) is 11.6. The number of nitrogens with zero attached hydrogens (tertiary/aromatic N) is 3. The molecule has 0 radical (unpaired) electrons. The van der Waals surface area contributed by atoms with Crippen LogP contribution in [0.5, 0.6) is 0 Å². The summed E-state index contributed by atoms with van der Waals surface area (Å²) in [4.78, 5) is 6.95. The second kappa shape index (κ2) is 5.56. The number of nitrogens with one attached hydrogen (secondary N) is 1. The smallest absolute Gasteiger partial charge is 0.228 e. The Labute approximate surface area is 113 Å². The van der Waals surface area contributed by atoms with Crippen molar-refractivity contribution in [3.05, 3.63) is 11.7 Å². The summed E-state index contributed by atoms with van der Waals surface area (Å²) in [7, 11) is 1.93. The summed E-state index contributed by atoms with van der Waals surface area (Å²) in [6.07, 6.45) is 3.25. The van der Waals surface area contributed by atoms with Crippen LogP contribution in [0.2, 0.25) is 0 Å². The molecule has 2 aliphatic rings. The second-order valence-corrected chi connectivity index (χ2v) is 5.55. The van der Waals surface area contributed by atoms with Crippen LogP contribution < -0.4 is 5.32 Å². The third-order valence-corrected chi connectivity index (χ3v) is 4.13. The van der Waals surface area contributed by atoms with Gasteiger partial charge in [0.2, 0.25) is 11.7 Å². The van der Waals surface area contributed by atoms with Crippen molar-refractivity contribution in [1.82, 2.24) is 20.4 Å². The van der Waals surface area contributed by atoms with Crippen molar-refractivity contribution in [3.8, 4) is 0 Å². The molecule has 1 aromatic rings. The molecule has 19 heavy (non-hydrogen) atoms. The van der Waals surface area contributed by atoms with Gasteiger partial charge in [0.25, 0.3) is 0 Å². The minimum absolute atomic E-state index is 0.0308. The first-order valence-corrected chi connectivity index (χ1v) is 7.11. The van der Waals surface area contributed by atoms with E-state index < -0.39 is 0 Å². The van der Waals surface area contributed by atoms with Gasteiger partial charge in [0.05, 0.1) is 6.61 Å². The summed E-state index contributed by atoms with van der Waals surface area (Å²) in [6, 6.07) is 0.940. The maximum absolute atomic E-state index is 5.88. The van der Waals surface area contributed by atoms with Gasteiger partial charge in [-0.25, -0.2) is 0 Å². The average Bonchev–Trinajstić information content (AvgIpc) is 3.05. The van der Waals surface area contributed by atoms with E-state index in [9.17, 15) is 0 Å². The van der Waals surface area contributed by atoms with Crippen molar-refractivity contribution in [2.24, 2.45) is 0 Å². The van der Waals surface area contributed by atoms with Crippen LogP contribution in [0.3, 0.4) is 0 Å². The van der Waals surface area contributed by atoms with Gasteiger partial charge >= 0.3 is 0 Å². The number of aromatic nitrogens is 2. The molecule has 0 bridgehead atoms. The minimum atomic E-state index is -0.0308. The van der Waals surface area contributed by atoms with E-state index in [4.69, 9.17) is 9.26 Å². The van der Waals surface area contributed by atoms with Crippen LogP contribution in [0.1, 0.15) is 37.6 Å². The molecule has 0 spiro atoms. The number of likely N-dealkylation sites (N-methyl/N-ethyl adjacent to an activating group) is 1. The van der Waals surface area contributed by atoms with E-state index in [-0.39, 0.29) is 6.10 Å². The van der Waals surface area contributed by atoms with Gasteiger partial charge in [-0.1, -0.05) is 5.16 Å². The molecule has 3 unspecified atom stereocenters. The van der Waals surface area contributed by atoms with Crippen molar-refractivity contribution in [2.45, 2.75) is 44.4 Å². The van der Waals surface area contributed by atoms with Crippen LogP contribution in [0.4, 0.5) is 0 Å². The van der Waals surface area contributed by atoms with Gasteiger partial charge in [-0.05, 0) is 33.4 Å². The lowest BCUT2D eigenvalue weighted by Crippen LogP contribution is -2.42. The fourth-order valence-corrected chi connectivity index (χ4v) is 2.82. The molecule has 2 aliphatic heterocycles. The third-order valence-electron chi connectivity index (χ3n) is 4.13. The Hall–Kier alpha value is -0.980. The molecular formula is C13H22N4O2. The van der Waals surface area contributed by atoms with Gasteiger partial charge in [-0.15, -0.1) is 0 Å². The molecule has 0 aliphatic carbocycles. The Balaban J connectivity index is 1.62. The van der Waals surface area contributed by atoms with Gasteiger partial charge in [-0.2, -0.15) is 4.98 Å². The van der Waals surface area contributed by atoms with Crippen LogP contribution in [0.25, 0.3) is 0 Å². The Morgan fingerprint density at radius 2 is 2.42 bits per heavy atom. The van der Waals surface area contributed by atoms with Crippen LogP contribution >= 0.6 is 0 Å². The highest BCUT2D eigenvalue weighted by Gasteiger charge is 2.34. The van der Waals surface area contributed by atoms with Crippen LogP contribution in [-0.4, -0.2) is 53.9 Å². The first-order valence-electron chi connectivity index (χ1n) is 7.11. The minimum Gasteiger partial charge on any atom is -0.367 e. The summed E-state index contributed by atoms with van der Waals surface area (Å²) in [5.41, 5.74) is 0. The van der Waals surface area contributed by atoms with Crippen LogP contribution in [0.15, 0.2) is 4.52 Å². The molecule has 2 saturated heterocycles. The molecule has 6 nitrogen and oxygen atoms in total. The van der Waals surface area contributed by atoms with E-state index in [0.717, 1.165) is 19.6 Å². The van der Waals surface area contributed by atoms with Crippen LogP contribution in [-0.2, 0) is 11.2 Å². The van der Waals surface area contributed by atoms with Crippen molar-refractivity contribution >= 4 is 0 Å². The molecule has 3 heterocycles. The molecular weight excluding hydrogens is 244 g/mol. The van der Waals surface area contributed by atoms with Crippen molar-refractivity contribution in [1.29, 1.82) is 0 Å². The zero-order chi connectivity index (χ0) is 13.2. The molecule has 6 heteroatoms. The maximum Gasteiger partial charge on any atom is 0.228 e. The maximum atomic E-state index is 5.88. The topological polar surface area (TPSA) is 63.4 Å². The Morgan fingerprint density at radius 1 is 1.53 bits per heavy atom. The van der Waals surface area contributed by atoms with Crippen LogP contribution in [0, 0.1) is 0 Å². The van der Waals surface area contributed by atoms with Gasteiger partial charge in [0.15, 0.2) is 0 Å². The fourth-order valence-electron chi connectivity index (χ4n) is 2.82. The Bertz CT molecular complexity index is 423. The van der Waals surface area contributed by atoms with Gasteiger partial charge in [-0.3, -0.25) is 4.90 Å². The largest absolute Gasteiger partial charge is 0.367 e. The van der Waals surface area contributed by atoms with E-state index in [1.165, 1.54) is 19.4 Å². The van der Waals surface area contributed by atoms with Gasteiger partial charge < -0.3 is 14.6 Å². The molecule has 2 fully saturated rings. The first kappa shape index (κ1) is 13.0. The molecule has 0 saturated carbocycles. The predicted octanol–water partition coefficient (Wildman–Crippen LogP) is 0.756. The standard InChI is InChI=1S/C13H22N4O2/c1-9(14-2)6-12-15-13(16-19-12)11-7-17-5-3-4-10(17)8-18-11/h9-11,14H,3-8H2,1-2H3. The summed E-state index contributed by atoms with van der Waals surface area (Å²) in [5.74, 6) is 1.38. The van der Waals surface area contributed by atoms with E-state index in [1.807, 2.05) is 7.05 Å². The summed E-state index contributed by atoms with van der Waals surface area (Å²) >= 11 is 0. The highest BCUT2D eigenvalue weighted by Crippen LogP contribution is 2.28. The summed E-state index contributed by atoms with van der Waals surface area (Å²) < 4.78 is 11.2. The van der Waals surface area contributed by atoms with E-state index in [0.29, 0.717) is 23.8 Å². The number of rotatable bonds is 4. The SMILES string of the molecule is CNC(C)Cc1nc(C2CN3CCCC3CO2)no1. The Kier molecular flexibility index (Phi) is 3.81. The van der Waals surface area contributed by atoms with Crippen molar-refractivity contribution < 1.29 is 9.26 Å². The van der Waals surface area contributed by atoms with E-state index in [1.54, 1.807) is 0 Å². The highest BCUT2D eigenvalue weighted by molar-refractivity contribution is 4.97. The summed E-state index contributed by atoms with van der Waals surface area (Å²) in [6.45, 7) is 4.95. The Morgan fingerprint density at radius 3 is 3.26 bits per heavy atom. The number of hydrogen-bond acceptors (Lipinski definition) is 6. The lowest BCUT2D eigenvalue weighted by molar-refractivity contribution is -0.0548. The molecule has 106 valence electrons. The lowest BCUT2D eigenvalue weighted by atomic mass is 10.2. The highest BCUT2D eigenvalue weighted by atomic mass is 16.5. The quantitative estimate of drug-likeness (QED) is 0.868. The molecule has 0 amide bonds. The van der Waals surface area contributed by atoms with Gasteiger partial charge in [0.1, 0.15) is 6.10 Å².